The zero-order valence-corrected chi connectivity index (χ0v) is 58.0. The highest BCUT2D eigenvalue weighted by Gasteiger charge is 2.49. The van der Waals surface area contributed by atoms with Crippen LogP contribution in [0, 0.1) is 0 Å². The van der Waals surface area contributed by atoms with Gasteiger partial charge in [0.05, 0.1) is 61.3 Å². The summed E-state index contributed by atoms with van der Waals surface area (Å²) >= 11 is 0. The Balaban J connectivity index is 1.06. The molecule has 18 aromatic rings. The molecule has 0 saturated heterocycles. The van der Waals surface area contributed by atoms with Crippen molar-refractivity contribution in [1.82, 2.24) is 8.97 Å². The summed E-state index contributed by atoms with van der Waals surface area (Å²) in [6.45, 7) is 13.2. The highest BCUT2D eigenvalue weighted by Crippen LogP contribution is 2.60. The SMILES string of the molecule is [2H]c1c([2H])c([2H])c2c(c1[2H])c1c([2H])c([2H])c([2H])c([2H])c1n2-c1ccc2c(c1)N(c1c(-c3ccccc3)cc(C(C)(C)C)cc1-c1cccc(-c3ccccc3)c1)c1c3c(c4c5ccccc5n5c6ccccc6c1c45)N(c1c(-c4ccccc4)cc(C(C)(C)C)cc1-c1ccccc1)c1ccc(-c4ccccc4)cc1B23. The van der Waals surface area contributed by atoms with Gasteiger partial charge in [0, 0.05) is 71.6 Å². The molecule has 5 heteroatoms. The van der Waals surface area contributed by atoms with E-state index >= 15 is 0 Å². The highest BCUT2D eigenvalue weighted by atomic mass is 15.2. The molecular formula is C98H73BN4. The van der Waals surface area contributed by atoms with Crippen LogP contribution in [0.2, 0.25) is 0 Å². The van der Waals surface area contributed by atoms with Gasteiger partial charge in [0.15, 0.2) is 0 Å². The summed E-state index contributed by atoms with van der Waals surface area (Å²) in [6.07, 6.45) is 0. The Morgan fingerprint density at radius 2 is 0.709 bits per heavy atom. The third-order valence-electron chi connectivity index (χ3n) is 21.7. The summed E-state index contributed by atoms with van der Waals surface area (Å²) in [5.74, 6) is 0. The summed E-state index contributed by atoms with van der Waals surface area (Å²) in [4.78, 5) is 5.20. The average Bonchev–Trinajstić information content (AvgIpc) is 1.57. The van der Waals surface area contributed by atoms with E-state index in [4.69, 9.17) is 0 Å². The molecule has 0 radical (unpaired) electrons. The van der Waals surface area contributed by atoms with Gasteiger partial charge in [-0.25, -0.2) is 0 Å². The molecule has 0 amide bonds. The zero-order chi connectivity index (χ0) is 75.9. The average molecular weight is 1330 g/mol. The predicted octanol–water partition coefficient (Wildman–Crippen LogP) is 24.6. The van der Waals surface area contributed by atoms with Crippen LogP contribution in [0.5, 0.6) is 0 Å². The maximum absolute atomic E-state index is 9.99. The number of benzene rings is 15. The van der Waals surface area contributed by atoms with E-state index in [2.05, 4.69) is 335 Å². The largest absolute Gasteiger partial charge is 0.309 e. The molecule has 0 N–H and O–H groups in total. The van der Waals surface area contributed by atoms with Crippen molar-refractivity contribution < 1.29 is 11.0 Å². The highest BCUT2D eigenvalue weighted by molar-refractivity contribution is 7.01. The van der Waals surface area contributed by atoms with Gasteiger partial charge in [0.1, 0.15) is 0 Å². The fraction of sp³-hybridized carbons (Fsp3) is 0.0816. The Kier molecular flexibility index (Phi) is 11.8. The third kappa shape index (κ3) is 9.31. The first-order valence-electron chi connectivity index (χ1n) is 39.6. The van der Waals surface area contributed by atoms with Crippen LogP contribution in [0.3, 0.4) is 0 Å². The molecule has 3 aromatic heterocycles. The molecule has 0 unspecified atom stereocenters. The van der Waals surface area contributed by atoms with E-state index in [-0.39, 0.29) is 44.7 Å². The second-order valence-corrected chi connectivity index (χ2v) is 29.7. The first-order valence-corrected chi connectivity index (χ1v) is 35.6. The minimum Gasteiger partial charge on any atom is -0.309 e. The van der Waals surface area contributed by atoms with Crippen molar-refractivity contribution in [2.75, 3.05) is 9.80 Å². The van der Waals surface area contributed by atoms with E-state index in [1.807, 2.05) is 6.07 Å². The molecule has 0 aliphatic carbocycles. The molecule has 0 bridgehead atoms. The van der Waals surface area contributed by atoms with Crippen molar-refractivity contribution >= 4 is 117 Å². The van der Waals surface area contributed by atoms with E-state index < -0.39 is 43.0 Å². The maximum atomic E-state index is 9.99. The van der Waals surface area contributed by atoms with Crippen LogP contribution >= 0.6 is 0 Å². The second-order valence-electron chi connectivity index (χ2n) is 29.7. The van der Waals surface area contributed by atoms with Crippen molar-refractivity contribution in [1.29, 1.82) is 0 Å². The molecule has 2 aliphatic rings. The summed E-state index contributed by atoms with van der Waals surface area (Å²) < 4.78 is 80.7. The fourth-order valence-corrected chi connectivity index (χ4v) is 17.0. The molecule has 5 heterocycles. The van der Waals surface area contributed by atoms with E-state index in [0.717, 1.165) is 161 Å². The first-order chi connectivity index (χ1) is 53.7. The van der Waals surface area contributed by atoms with Crippen molar-refractivity contribution in [2.45, 2.75) is 52.4 Å². The number of rotatable bonds is 9. The van der Waals surface area contributed by atoms with Crippen LogP contribution in [-0.4, -0.2) is 15.7 Å². The third-order valence-corrected chi connectivity index (χ3v) is 21.7. The maximum Gasteiger partial charge on any atom is 0.252 e. The van der Waals surface area contributed by atoms with Crippen LogP contribution < -0.4 is 26.2 Å². The van der Waals surface area contributed by atoms with Gasteiger partial charge in [-0.15, -0.1) is 0 Å². The topological polar surface area (TPSA) is 15.8 Å². The number of nitrogens with zero attached hydrogens (tertiary/aromatic N) is 4. The van der Waals surface area contributed by atoms with Crippen LogP contribution in [-0.2, 0) is 10.8 Å². The Hall–Kier alpha value is -12.4. The standard InChI is InChI=1S/C98H73BN4/c1-97(2,3)70-57-77(64-35-16-9-17-36-64)92(78(58-70)65-37-18-10-19-38-65)102-87-54-51-68(63-33-14-8-15-34-63)56-82(87)99-81-53-52-72(100-83-47-26-22-43-73(83)74-44-23-27-48-84(74)100)61-88(81)103(96-90-76-46-25-29-50-86(76)101-85-49-28-24-45-75(85)89(94(90)101)95(102)91(96)99)93-79(66-39-20-11-21-40-66)59-71(98(4,5)6)60-80(93)69-42-30-41-67(55-69)62-31-12-7-13-32-62/h7-61H,1-6H3/i22D,23D,26D,27D,43D,44D,47D,48D. The number of aromatic nitrogens is 2. The molecule has 0 saturated carbocycles. The summed E-state index contributed by atoms with van der Waals surface area (Å²) in [6, 6.07) is 99.9. The number of fused-ring (bicyclic) bond motifs is 15. The van der Waals surface area contributed by atoms with Crippen LogP contribution in [0.25, 0.3) is 132 Å². The Bertz CT molecular complexity index is 6810. The smallest absolute Gasteiger partial charge is 0.252 e. The van der Waals surface area contributed by atoms with Gasteiger partial charge in [0.25, 0.3) is 6.71 Å². The number of anilines is 6. The molecule has 0 fully saturated rings. The van der Waals surface area contributed by atoms with Crippen LogP contribution in [0.15, 0.2) is 333 Å². The van der Waals surface area contributed by atoms with E-state index in [9.17, 15) is 11.0 Å². The lowest BCUT2D eigenvalue weighted by molar-refractivity contribution is 0.590. The monoisotopic (exact) mass is 1320 g/mol. The van der Waals surface area contributed by atoms with E-state index in [1.165, 1.54) is 5.56 Å². The lowest BCUT2D eigenvalue weighted by Crippen LogP contribution is -2.61. The van der Waals surface area contributed by atoms with E-state index in [1.54, 1.807) is 4.57 Å². The lowest BCUT2D eigenvalue weighted by atomic mass is 9.33. The molecule has 4 nitrogen and oxygen atoms in total. The van der Waals surface area contributed by atoms with Gasteiger partial charge in [-0.2, -0.15) is 0 Å². The molecule has 15 aromatic carbocycles. The van der Waals surface area contributed by atoms with Gasteiger partial charge in [0.2, 0.25) is 0 Å². The molecule has 103 heavy (non-hydrogen) atoms. The number of hydrogen-bond donors (Lipinski definition) is 0. The van der Waals surface area contributed by atoms with E-state index in [0.29, 0.717) is 5.69 Å². The Labute approximate surface area is 612 Å². The van der Waals surface area contributed by atoms with Crippen molar-refractivity contribution in [2.24, 2.45) is 0 Å². The lowest BCUT2D eigenvalue weighted by Gasteiger charge is -2.46. The quantitative estimate of drug-likeness (QED) is 0.134. The Morgan fingerprint density at radius 3 is 1.19 bits per heavy atom. The summed E-state index contributed by atoms with van der Waals surface area (Å²) in [5.41, 5.74) is 26.2. The minimum absolute atomic E-state index is 0.00676. The molecule has 488 valence electrons. The molecule has 0 atom stereocenters. The molecule has 0 spiro atoms. The fourth-order valence-electron chi connectivity index (χ4n) is 17.0. The van der Waals surface area contributed by atoms with Gasteiger partial charge >= 0.3 is 0 Å². The minimum atomic E-state index is -0.568. The van der Waals surface area contributed by atoms with Crippen LogP contribution in [0.1, 0.15) is 63.6 Å². The number of hydrogen-bond acceptors (Lipinski definition) is 2. The summed E-state index contributed by atoms with van der Waals surface area (Å²) in [5, 5.41) is 4.26. The zero-order valence-electron chi connectivity index (χ0n) is 66.0. The van der Waals surface area contributed by atoms with Gasteiger partial charge in [-0.05, 0) is 156 Å². The molecular weight excluding hydrogens is 1240 g/mol. The first kappa shape index (κ1) is 52.6. The predicted molar refractivity (Wildman–Crippen MR) is 439 cm³/mol. The van der Waals surface area contributed by atoms with Crippen molar-refractivity contribution in [3.63, 3.8) is 0 Å². The van der Waals surface area contributed by atoms with Gasteiger partial charge in [-0.3, -0.25) is 0 Å². The summed E-state index contributed by atoms with van der Waals surface area (Å²) in [7, 11) is 0. The molecule has 2 aliphatic heterocycles. The Morgan fingerprint density at radius 1 is 0.301 bits per heavy atom. The van der Waals surface area contributed by atoms with Gasteiger partial charge < -0.3 is 18.8 Å². The van der Waals surface area contributed by atoms with Crippen molar-refractivity contribution in [3.8, 4) is 72.4 Å². The molecule has 20 rings (SSSR count). The van der Waals surface area contributed by atoms with Gasteiger partial charge in [-0.1, -0.05) is 302 Å². The van der Waals surface area contributed by atoms with Crippen LogP contribution in [0.4, 0.5) is 34.1 Å². The number of para-hydroxylation sites is 4. The normalized spacial score (nSPS) is 14.0. The second kappa shape index (κ2) is 23.1. The van der Waals surface area contributed by atoms with Crippen molar-refractivity contribution in [3.05, 3.63) is 345 Å².